The molecule has 0 unspecified atom stereocenters. The van der Waals surface area contributed by atoms with Crippen molar-refractivity contribution >= 4 is 0 Å². The highest BCUT2D eigenvalue weighted by molar-refractivity contribution is 5.29. The van der Waals surface area contributed by atoms with Gasteiger partial charge in [0.25, 0.3) is 0 Å². The fourth-order valence-corrected chi connectivity index (χ4v) is 1.32. The zero-order valence-corrected chi connectivity index (χ0v) is 7.31. The second-order valence-electron chi connectivity index (χ2n) is 3.42. The summed E-state index contributed by atoms with van der Waals surface area (Å²) in [7, 11) is 0. The van der Waals surface area contributed by atoms with Crippen molar-refractivity contribution in [1.29, 1.82) is 0 Å². The van der Waals surface area contributed by atoms with E-state index in [1.807, 2.05) is 0 Å². The maximum absolute atomic E-state index is 13.7. The Morgan fingerprint density at radius 1 is 1.38 bits per heavy atom. The van der Waals surface area contributed by atoms with E-state index >= 15 is 0 Å². The van der Waals surface area contributed by atoms with E-state index in [9.17, 15) is 8.78 Å². The lowest BCUT2D eigenvalue weighted by molar-refractivity contribution is -0.135. The number of aryl methyl sites for hydroxylation is 1. The zero-order valence-electron chi connectivity index (χ0n) is 7.31. The van der Waals surface area contributed by atoms with E-state index in [1.54, 1.807) is 19.1 Å². The molecule has 0 aliphatic carbocycles. The number of rotatable bonds is 1. The molecule has 0 bridgehead atoms. The van der Waals surface area contributed by atoms with Crippen LogP contribution < -0.4 is 0 Å². The normalized spacial score (nSPS) is 19.6. The molecule has 0 aromatic heterocycles. The van der Waals surface area contributed by atoms with E-state index in [2.05, 4.69) is 0 Å². The SMILES string of the molecule is Cc1ccc(C2(F)COC2)cc1F. The lowest BCUT2D eigenvalue weighted by atomic mass is 9.93. The van der Waals surface area contributed by atoms with Crippen molar-refractivity contribution in [2.24, 2.45) is 0 Å². The first-order valence-corrected chi connectivity index (χ1v) is 4.15. The minimum atomic E-state index is -1.46. The Morgan fingerprint density at radius 2 is 2.08 bits per heavy atom. The maximum atomic E-state index is 13.7. The summed E-state index contributed by atoms with van der Waals surface area (Å²) in [6.45, 7) is 1.73. The van der Waals surface area contributed by atoms with Gasteiger partial charge in [0.05, 0.1) is 13.2 Å². The standard InChI is InChI=1S/C10H10F2O/c1-7-2-3-8(4-9(7)11)10(12)5-13-6-10/h2-4H,5-6H2,1H3. The average Bonchev–Trinajstić information content (AvgIpc) is 2.06. The molecule has 0 spiro atoms. The molecule has 1 heterocycles. The number of benzene rings is 1. The first kappa shape index (κ1) is 8.63. The number of hydrogen-bond acceptors (Lipinski definition) is 1. The third-order valence-electron chi connectivity index (χ3n) is 2.35. The van der Waals surface area contributed by atoms with Crippen LogP contribution in [0.25, 0.3) is 0 Å². The summed E-state index contributed by atoms with van der Waals surface area (Å²) in [5.74, 6) is -0.360. The Balaban J connectivity index is 2.36. The van der Waals surface area contributed by atoms with Crippen molar-refractivity contribution in [3.63, 3.8) is 0 Å². The molecule has 1 aliphatic heterocycles. The van der Waals surface area contributed by atoms with Gasteiger partial charge in [-0.2, -0.15) is 0 Å². The number of halogens is 2. The van der Waals surface area contributed by atoms with Gasteiger partial charge in [0.1, 0.15) is 5.82 Å². The number of ether oxygens (including phenoxy) is 1. The Bertz CT molecular complexity index is 332. The monoisotopic (exact) mass is 184 g/mol. The van der Waals surface area contributed by atoms with Crippen LogP contribution in [0, 0.1) is 12.7 Å². The van der Waals surface area contributed by atoms with Crippen LogP contribution in [-0.2, 0) is 10.4 Å². The molecule has 1 aliphatic rings. The molecule has 1 fully saturated rings. The van der Waals surface area contributed by atoms with Gasteiger partial charge in [0, 0.05) is 0 Å². The molecule has 3 heteroatoms. The van der Waals surface area contributed by atoms with Crippen LogP contribution in [0.5, 0.6) is 0 Å². The summed E-state index contributed by atoms with van der Waals surface area (Å²) in [5, 5.41) is 0. The predicted molar refractivity (Wildman–Crippen MR) is 44.7 cm³/mol. The lowest BCUT2D eigenvalue weighted by Crippen LogP contribution is -2.42. The Labute approximate surface area is 75.3 Å². The molecule has 1 aromatic carbocycles. The van der Waals surface area contributed by atoms with Gasteiger partial charge < -0.3 is 4.74 Å². The van der Waals surface area contributed by atoms with Crippen molar-refractivity contribution in [1.82, 2.24) is 0 Å². The van der Waals surface area contributed by atoms with Crippen molar-refractivity contribution in [3.05, 3.63) is 35.1 Å². The molecule has 13 heavy (non-hydrogen) atoms. The van der Waals surface area contributed by atoms with Crippen LogP contribution >= 0.6 is 0 Å². The molecular weight excluding hydrogens is 174 g/mol. The minimum absolute atomic E-state index is 0.0372. The third-order valence-corrected chi connectivity index (χ3v) is 2.35. The van der Waals surface area contributed by atoms with Crippen LogP contribution in [0.1, 0.15) is 11.1 Å². The average molecular weight is 184 g/mol. The maximum Gasteiger partial charge on any atom is 0.182 e. The largest absolute Gasteiger partial charge is 0.374 e. The summed E-state index contributed by atoms with van der Waals surface area (Å²) < 4.78 is 31.5. The topological polar surface area (TPSA) is 9.23 Å². The summed E-state index contributed by atoms with van der Waals surface area (Å²) >= 11 is 0. The second kappa shape index (κ2) is 2.77. The number of alkyl halides is 1. The summed E-state index contributed by atoms with van der Waals surface area (Å²) in [6.07, 6.45) is 0. The van der Waals surface area contributed by atoms with E-state index in [4.69, 9.17) is 4.74 Å². The van der Waals surface area contributed by atoms with Crippen LogP contribution in [0.3, 0.4) is 0 Å². The van der Waals surface area contributed by atoms with Gasteiger partial charge in [-0.05, 0) is 24.1 Å². The molecule has 2 rings (SSSR count). The van der Waals surface area contributed by atoms with E-state index in [-0.39, 0.29) is 19.0 Å². The lowest BCUT2D eigenvalue weighted by Gasteiger charge is -2.34. The summed E-state index contributed by atoms with van der Waals surface area (Å²) in [6, 6.07) is 4.45. The third kappa shape index (κ3) is 1.33. The smallest absolute Gasteiger partial charge is 0.182 e. The fourth-order valence-electron chi connectivity index (χ4n) is 1.32. The van der Waals surface area contributed by atoms with Gasteiger partial charge in [0.2, 0.25) is 0 Å². The van der Waals surface area contributed by atoms with Crippen LogP contribution in [0.15, 0.2) is 18.2 Å². The van der Waals surface area contributed by atoms with E-state index < -0.39 is 5.67 Å². The quantitative estimate of drug-likeness (QED) is 0.650. The van der Waals surface area contributed by atoms with Gasteiger partial charge in [-0.1, -0.05) is 12.1 Å². The Morgan fingerprint density at radius 3 is 2.54 bits per heavy atom. The molecule has 0 radical (unpaired) electrons. The van der Waals surface area contributed by atoms with Crippen molar-refractivity contribution in [2.75, 3.05) is 13.2 Å². The highest BCUT2D eigenvalue weighted by atomic mass is 19.1. The molecule has 0 N–H and O–H groups in total. The van der Waals surface area contributed by atoms with Crippen LogP contribution in [0.2, 0.25) is 0 Å². The molecule has 1 nitrogen and oxygen atoms in total. The molecule has 0 atom stereocenters. The first-order chi connectivity index (χ1) is 6.12. The van der Waals surface area contributed by atoms with Crippen LogP contribution in [0.4, 0.5) is 8.78 Å². The van der Waals surface area contributed by atoms with Gasteiger partial charge in [-0.15, -0.1) is 0 Å². The van der Waals surface area contributed by atoms with Crippen LogP contribution in [-0.4, -0.2) is 13.2 Å². The minimum Gasteiger partial charge on any atom is -0.374 e. The summed E-state index contributed by atoms with van der Waals surface area (Å²) in [5.41, 5.74) is -0.552. The molecule has 1 saturated heterocycles. The van der Waals surface area contributed by atoms with E-state index in [0.717, 1.165) is 0 Å². The second-order valence-corrected chi connectivity index (χ2v) is 3.42. The fraction of sp³-hybridized carbons (Fsp3) is 0.400. The molecule has 1 aromatic rings. The molecular formula is C10H10F2O. The first-order valence-electron chi connectivity index (χ1n) is 4.15. The van der Waals surface area contributed by atoms with E-state index in [0.29, 0.717) is 11.1 Å². The van der Waals surface area contributed by atoms with Crippen molar-refractivity contribution in [3.8, 4) is 0 Å². The van der Waals surface area contributed by atoms with Gasteiger partial charge >= 0.3 is 0 Å². The van der Waals surface area contributed by atoms with Crippen molar-refractivity contribution < 1.29 is 13.5 Å². The molecule has 0 saturated carbocycles. The molecule has 70 valence electrons. The van der Waals surface area contributed by atoms with Crippen molar-refractivity contribution in [2.45, 2.75) is 12.6 Å². The number of hydrogen-bond donors (Lipinski definition) is 0. The Hall–Kier alpha value is -0.960. The van der Waals surface area contributed by atoms with Gasteiger partial charge in [0.15, 0.2) is 5.67 Å². The van der Waals surface area contributed by atoms with Gasteiger partial charge in [-0.25, -0.2) is 8.78 Å². The highest BCUT2D eigenvalue weighted by Crippen LogP contribution is 2.34. The zero-order chi connectivity index (χ0) is 9.47. The molecule has 0 amide bonds. The summed E-state index contributed by atoms with van der Waals surface area (Å²) in [4.78, 5) is 0. The Kier molecular flexibility index (Phi) is 1.84. The predicted octanol–water partition coefficient (Wildman–Crippen LogP) is 2.33. The van der Waals surface area contributed by atoms with E-state index in [1.165, 1.54) is 6.07 Å². The van der Waals surface area contributed by atoms with Gasteiger partial charge in [-0.3, -0.25) is 0 Å². The highest BCUT2D eigenvalue weighted by Gasteiger charge is 2.40.